The Morgan fingerprint density at radius 2 is 2.00 bits per heavy atom. The third-order valence-electron chi connectivity index (χ3n) is 3.27. The summed E-state index contributed by atoms with van der Waals surface area (Å²) in [6.07, 6.45) is 4.56. The molecule has 0 unspecified atom stereocenters. The zero-order valence-corrected chi connectivity index (χ0v) is 17.7. The van der Waals surface area contributed by atoms with Crippen LogP contribution in [0.3, 0.4) is 0 Å². The summed E-state index contributed by atoms with van der Waals surface area (Å²) in [7, 11) is 2.60. The molecular formula is C18H14Cl4N2O4. The molecule has 1 aliphatic rings. The van der Waals surface area contributed by atoms with Crippen LogP contribution >= 0.6 is 46.6 Å². The second kappa shape index (κ2) is 10.5. The molecule has 0 spiro atoms. The van der Waals surface area contributed by atoms with Crippen LogP contribution in [-0.2, 0) is 19.0 Å². The van der Waals surface area contributed by atoms with E-state index < -0.39 is 5.97 Å². The van der Waals surface area contributed by atoms with Crippen LogP contribution in [0.1, 0.15) is 6.42 Å². The van der Waals surface area contributed by atoms with Crippen molar-refractivity contribution in [2.45, 2.75) is 6.42 Å². The quantitative estimate of drug-likeness (QED) is 0.138. The van der Waals surface area contributed by atoms with Gasteiger partial charge in [-0.2, -0.15) is 4.53 Å². The molecule has 0 aromatic heterocycles. The van der Waals surface area contributed by atoms with E-state index in [0.717, 1.165) is 10.8 Å². The fourth-order valence-corrected chi connectivity index (χ4v) is 2.91. The Bertz CT molecular complexity index is 918. The van der Waals surface area contributed by atoms with Crippen molar-refractivity contribution in [1.82, 2.24) is 0 Å². The number of halogens is 4. The molecule has 6 nitrogen and oxygen atoms in total. The average Bonchev–Trinajstić information content (AvgIpc) is 2.66. The van der Waals surface area contributed by atoms with Crippen LogP contribution in [0.5, 0.6) is 0 Å². The summed E-state index contributed by atoms with van der Waals surface area (Å²) >= 11 is 24.2. The molecule has 0 heterocycles. The molecule has 0 bridgehead atoms. The highest BCUT2D eigenvalue weighted by Crippen LogP contribution is 2.31. The molecule has 0 fully saturated rings. The van der Waals surface area contributed by atoms with Crippen LogP contribution < -0.4 is 4.53 Å². The Labute approximate surface area is 181 Å². The van der Waals surface area contributed by atoms with Gasteiger partial charge in [-0.25, -0.2) is 4.79 Å². The summed E-state index contributed by atoms with van der Waals surface area (Å²) in [5.41, 5.74) is 0.841. The van der Waals surface area contributed by atoms with Crippen molar-refractivity contribution in [2.24, 2.45) is 5.10 Å². The van der Waals surface area contributed by atoms with E-state index in [-0.39, 0.29) is 17.9 Å². The summed E-state index contributed by atoms with van der Waals surface area (Å²) in [6.45, 7) is 0. The molecule has 1 aliphatic carbocycles. The number of hydrazone groups is 1. The number of methoxy groups -OCH3 is 2. The summed E-state index contributed by atoms with van der Waals surface area (Å²) in [4.78, 5) is 11.8. The topological polar surface area (TPSA) is 60.4 Å². The first kappa shape index (κ1) is 22.2. The van der Waals surface area contributed by atoms with Crippen molar-refractivity contribution in [2.75, 3.05) is 18.7 Å². The average molecular weight is 464 g/mol. The Balaban J connectivity index is 2.34. The minimum absolute atomic E-state index is 0.162. The molecule has 10 heteroatoms. The van der Waals surface area contributed by atoms with E-state index in [1.807, 2.05) is 0 Å². The summed E-state index contributed by atoms with van der Waals surface area (Å²) in [6, 6.07) is 4.75. The number of rotatable bonds is 6. The minimum atomic E-state index is -0.716. The minimum Gasteiger partial charge on any atom is -0.500 e. The molecule has 0 amide bonds. The number of esters is 1. The van der Waals surface area contributed by atoms with E-state index in [9.17, 15) is 4.79 Å². The van der Waals surface area contributed by atoms with Crippen molar-refractivity contribution >= 4 is 64.1 Å². The van der Waals surface area contributed by atoms with Crippen LogP contribution in [0.4, 0.5) is 5.69 Å². The second-order valence-electron chi connectivity index (χ2n) is 5.18. The van der Waals surface area contributed by atoms with E-state index in [2.05, 4.69) is 15.7 Å². The summed E-state index contributed by atoms with van der Waals surface area (Å²) in [5.74, 6) is 2.15. The van der Waals surface area contributed by atoms with E-state index in [1.54, 1.807) is 24.3 Å². The summed E-state index contributed by atoms with van der Waals surface area (Å²) < 4.78 is 16.1. The van der Waals surface area contributed by atoms with Crippen LogP contribution in [0.2, 0.25) is 10.0 Å². The third kappa shape index (κ3) is 5.96. The number of nitrogens with zero attached hydrogens (tertiary/aromatic N) is 2. The predicted octanol–water partition coefficient (Wildman–Crippen LogP) is 5.55. The van der Waals surface area contributed by atoms with Gasteiger partial charge in [0, 0.05) is 34.1 Å². The lowest BCUT2D eigenvalue weighted by Crippen LogP contribution is -2.11. The molecule has 28 heavy (non-hydrogen) atoms. The van der Waals surface area contributed by atoms with Gasteiger partial charge in [-0.05, 0) is 30.4 Å². The lowest BCUT2D eigenvalue weighted by molar-refractivity contribution is -0.139. The number of benzene rings is 1. The van der Waals surface area contributed by atoms with Crippen LogP contribution in [-0.4, -0.2) is 26.1 Å². The third-order valence-corrected chi connectivity index (χ3v) is 4.33. The molecule has 148 valence electrons. The number of hydrogen-bond acceptors (Lipinski definition) is 6. The Kier molecular flexibility index (Phi) is 8.30. The predicted molar refractivity (Wildman–Crippen MR) is 111 cm³/mol. The molecule has 0 saturated heterocycles. The van der Waals surface area contributed by atoms with Crippen molar-refractivity contribution in [1.29, 1.82) is 0 Å². The van der Waals surface area contributed by atoms with Gasteiger partial charge in [0.2, 0.25) is 5.76 Å². The van der Waals surface area contributed by atoms with Crippen LogP contribution in [0.15, 0.2) is 63.8 Å². The highest BCUT2D eigenvalue weighted by Gasteiger charge is 2.20. The summed E-state index contributed by atoms with van der Waals surface area (Å²) in [5, 5.41) is 5.31. The van der Waals surface area contributed by atoms with E-state index >= 15 is 0 Å². The number of anilines is 1. The van der Waals surface area contributed by atoms with Gasteiger partial charge in [0.1, 0.15) is 12.0 Å². The Hall–Kier alpha value is -2.08. The molecule has 0 radical (unpaired) electrons. The largest absolute Gasteiger partial charge is 0.500 e. The number of hydrogen-bond donors (Lipinski definition) is 0. The molecule has 0 atom stereocenters. The SMILES string of the molecule is COC=C(OC1=CC=C(Cl)CC1=C=NN(Cl)c1ccc(Cl)cc1Cl)C(=O)OC. The highest BCUT2D eigenvalue weighted by molar-refractivity contribution is 6.38. The smallest absolute Gasteiger partial charge is 0.377 e. The van der Waals surface area contributed by atoms with Gasteiger partial charge in [-0.3, -0.25) is 0 Å². The molecular weight excluding hydrogens is 450 g/mol. The lowest BCUT2D eigenvalue weighted by Gasteiger charge is -2.15. The standard InChI is InChI=1S/C18H14Cl4N2O4/c1-26-10-17(18(25)27-2)28-16-6-4-12(19)7-11(16)9-23-24(22)15-5-3-13(20)8-14(15)21/h3-6,8,10H,7H2,1-2H3. The number of ether oxygens (including phenoxy) is 3. The maximum Gasteiger partial charge on any atom is 0.377 e. The van der Waals surface area contributed by atoms with Gasteiger partial charge in [-0.15, -0.1) is 5.10 Å². The monoisotopic (exact) mass is 462 g/mol. The molecule has 2 rings (SSSR count). The maximum absolute atomic E-state index is 11.8. The first-order valence-corrected chi connectivity index (χ1v) is 9.12. The number of allylic oxidation sites excluding steroid dienone is 4. The van der Waals surface area contributed by atoms with Gasteiger partial charge in [0.05, 0.1) is 30.5 Å². The normalized spacial score (nSPS) is 13.8. The first-order chi connectivity index (χ1) is 13.3. The van der Waals surface area contributed by atoms with Gasteiger partial charge in [-0.1, -0.05) is 34.8 Å². The molecule has 0 aliphatic heterocycles. The number of carbonyl (C=O) groups is 1. The van der Waals surface area contributed by atoms with Gasteiger partial charge in [0.25, 0.3) is 0 Å². The fraction of sp³-hybridized carbons (Fsp3) is 0.167. The second-order valence-corrected chi connectivity index (χ2v) is 6.83. The van der Waals surface area contributed by atoms with Crippen molar-refractivity contribution in [3.63, 3.8) is 0 Å². The molecule has 0 saturated carbocycles. The van der Waals surface area contributed by atoms with Gasteiger partial charge in [0.15, 0.2) is 0 Å². The number of carbonyl (C=O) groups excluding carboxylic acids is 1. The highest BCUT2D eigenvalue weighted by atomic mass is 35.5. The van der Waals surface area contributed by atoms with Crippen molar-refractivity contribution in [3.05, 3.63) is 68.8 Å². The Morgan fingerprint density at radius 3 is 2.64 bits per heavy atom. The van der Waals surface area contributed by atoms with Crippen molar-refractivity contribution < 1.29 is 19.0 Å². The van der Waals surface area contributed by atoms with Crippen LogP contribution in [0.25, 0.3) is 0 Å². The fourth-order valence-electron chi connectivity index (χ4n) is 2.00. The van der Waals surface area contributed by atoms with Gasteiger partial charge < -0.3 is 14.2 Å². The molecule has 0 N–H and O–H groups in total. The van der Waals surface area contributed by atoms with E-state index in [0.29, 0.717) is 26.3 Å². The maximum atomic E-state index is 11.8. The zero-order valence-electron chi connectivity index (χ0n) is 14.7. The molecule has 1 aromatic rings. The van der Waals surface area contributed by atoms with Crippen LogP contribution in [0, 0.1) is 0 Å². The first-order valence-electron chi connectivity index (χ1n) is 7.65. The van der Waals surface area contributed by atoms with Gasteiger partial charge >= 0.3 is 5.97 Å². The molecule has 1 aromatic carbocycles. The van der Waals surface area contributed by atoms with E-state index in [4.69, 9.17) is 56.1 Å². The lowest BCUT2D eigenvalue weighted by atomic mass is 10.1. The zero-order chi connectivity index (χ0) is 20.7. The van der Waals surface area contributed by atoms with Crippen molar-refractivity contribution in [3.8, 4) is 0 Å². The van der Waals surface area contributed by atoms with E-state index in [1.165, 1.54) is 20.3 Å². The Morgan fingerprint density at radius 1 is 1.25 bits per heavy atom.